The Balaban J connectivity index is 3.39. The Labute approximate surface area is 85.0 Å². The molecule has 0 heterocycles. The number of unbranched alkanes of at least 4 members (excludes halogenated alkanes) is 3. The molecule has 0 bridgehead atoms. The van der Waals surface area contributed by atoms with E-state index >= 15 is 0 Å². The van der Waals surface area contributed by atoms with Crippen LogP contribution in [0.3, 0.4) is 0 Å². The van der Waals surface area contributed by atoms with Gasteiger partial charge in [0.25, 0.3) is 0 Å². The molecule has 0 fully saturated rings. The molecule has 0 aliphatic heterocycles. The summed E-state index contributed by atoms with van der Waals surface area (Å²) in [6.07, 6.45) is 3.97. The molecule has 0 aliphatic rings. The molecule has 0 unspecified atom stereocenters. The maximum absolute atomic E-state index is 10.8. The summed E-state index contributed by atoms with van der Waals surface area (Å²) in [6, 6.07) is 0. The van der Waals surface area contributed by atoms with Crippen LogP contribution >= 0.6 is 0 Å². The molecule has 0 aromatic carbocycles. The first-order chi connectivity index (χ1) is 5.12. The minimum absolute atomic E-state index is 0.0937. The predicted molar refractivity (Wildman–Crippen MR) is 44.8 cm³/mol. The zero-order chi connectivity index (χ0) is 8.74. The van der Waals surface area contributed by atoms with Crippen LogP contribution in [0.4, 0.5) is 0 Å². The van der Waals surface area contributed by atoms with Crippen LogP contribution in [0.5, 0.6) is 0 Å². The second-order valence-corrected chi connectivity index (χ2v) is 6.38. The molecule has 0 aromatic rings. The minimum atomic E-state index is -3.13. The van der Waals surface area contributed by atoms with E-state index in [-0.39, 0.29) is 32.0 Å². The zero-order valence-corrected chi connectivity index (χ0v) is 12.1. The fourth-order valence-corrected chi connectivity index (χ4v) is 2.53. The Morgan fingerprint density at radius 3 is 2.36 bits per heavy atom. The number of rotatable bonds is 6. The second kappa shape index (κ2) is 6.36. The van der Waals surface area contributed by atoms with Gasteiger partial charge in [-0.15, -0.1) is 0 Å². The number of hydrogen-bond donors (Lipinski definition) is 0. The average Bonchev–Trinajstić information content (AvgIpc) is 1.99. The van der Waals surface area contributed by atoms with Crippen LogP contribution in [0.15, 0.2) is 0 Å². The Hall–Kier alpha value is 0.832. The number of hydrogen-bond acceptors (Lipinski definition) is 3. The van der Waals surface area contributed by atoms with Gasteiger partial charge in [0, 0.05) is 0 Å². The fraction of sp³-hybridized carbons (Fsp3) is 1.00. The van der Waals surface area contributed by atoms with Gasteiger partial charge in [-0.25, -0.2) is 0 Å². The molecule has 64 valence electrons. The van der Waals surface area contributed by atoms with Crippen LogP contribution < -0.4 is 0 Å². The Morgan fingerprint density at radius 2 is 1.91 bits per heavy atom. The van der Waals surface area contributed by atoms with E-state index in [1.807, 2.05) is 0 Å². The summed E-state index contributed by atoms with van der Waals surface area (Å²) >= 11 is 0.0937. The topological polar surface area (TPSA) is 43.4 Å². The monoisotopic (exact) mass is 370 g/mol. The third kappa shape index (κ3) is 7.20. The van der Waals surface area contributed by atoms with Crippen LogP contribution in [0.1, 0.15) is 32.6 Å². The average molecular weight is 370 g/mol. The third-order valence-corrected chi connectivity index (χ3v) is 5.90. The van der Waals surface area contributed by atoms with Gasteiger partial charge in [-0.3, -0.25) is 0 Å². The first-order valence-corrected chi connectivity index (χ1v) is 7.14. The molecule has 0 rings (SSSR count). The quantitative estimate of drug-likeness (QED) is 0.518. The van der Waals surface area contributed by atoms with Crippen molar-refractivity contribution in [2.75, 3.05) is 5.75 Å². The van der Waals surface area contributed by atoms with E-state index in [1.165, 1.54) is 0 Å². The standard InChI is InChI=1S/C6H14O3S.Tl/c1-2-3-4-5-6-10(7,8)9;/h2-6H2,1H3,(H,7,8,9);/q;+1/p-1. The second-order valence-electron chi connectivity index (χ2n) is 2.42. The van der Waals surface area contributed by atoms with Gasteiger partial charge in [0.05, 0.1) is 0 Å². The predicted octanol–water partition coefficient (Wildman–Crippen LogP) is 0.997. The van der Waals surface area contributed by atoms with E-state index in [0.717, 1.165) is 25.7 Å². The maximum atomic E-state index is 10.8. The summed E-state index contributed by atoms with van der Waals surface area (Å²) in [5.41, 5.74) is 0. The van der Waals surface area contributed by atoms with Gasteiger partial charge in [-0.1, -0.05) is 0 Å². The van der Waals surface area contributed by atoms with Gasteiger partial charge < -0.3 is 0 Å². The summed E-state index contributed by atoms with van der Waals surface area (Å²) in [5.74, 6) is 0.198. The van der Waals surface area contributed by atoms with E-state index in [1.54, 1.807) is 0 Å². The molecule has 3 nitrogen and oxygen atoms in total. The molecule has 0 spiro atoms. The molecule has 0 atom stereocenters. The van der Waals surface area contributed by atoms with E-state index in [2.05, 4.69) is 9.06 Å². The van der Waals surface area contributed by atoms with Crippen molar-refractivity contribution in [3.8, 4) is 0 Å². The van der Waals surface area contributed by atoms with Crippen molar-refractivity contribution in [3.05, 3.63) is 0 Å². The summed E-state index contributed by atoms with van der Waals surface area (Å²) in [5, 5.41) is 0. The molecule has 0 aromatic heterocycles. The summed E-state index contributed by atoms with van der Waals surface area (Å²) in [4.78, 5) is 0. The first kappa shape index (κ1) is 11.8. The molecular weight excluding hydrogens is 357 g/mol. The van der Waals surface area contributed by atoms with Gasteiger partial charge in [0.15, 0.2) is 0 Å². The molecule has 0 saturated carbocycles. The van der Waals surface area contributed by atoms with Gasteiger partial charge in [-0.05, 0) is 0 Å². The van der Waals surface area contributed by atoms with E-state index < -0.39 is 10.1 Å². The Morgan fingerprint density at radius 1 is 1.27 bits per heavy atom. The van der Waals surface area contributed by atoms with E-state index in [0.29, 0.717) is 0 Å². The summed E-state index contributed by atoms with van der Waals surface area (Å²) in [7, 11) is -3.13. The van der Waals surface area contributed by atoms with Crippen molar-refractivity contribution < 1.29 is 10.6 Å². The van der Waals surface area contributed by atoms with Crippen molar-refractivity contribution in [2.45, 2.75) is 32.6 Å². The van der Waals surface area contributed by atoms with Crippen molar-refractivity contribution >= 4 is 36.3 Å². The molecule has 0 N–H and O–H groups in total. The van der Waals surface area contributed by atoms with Crippen molar-refractivity contribution in [2.24, 2.45) is 0 Å². The van der Waals surface area contributed by atoms with Crippen molar-refractivity contribution in [3.63, 3.8) is 0 Å². The van der Waals surface area contributed by atoms with Gasteiger partial charge in [0.2, 0.25) is 0 Å². The molecule has 0 saturated heterocycles. The zero-order valence-electron chi connectivity index (χ0n) is 6.75. The molecular formula is C6H13O3STl. The fourth-order valence-electron chi connectivity index (χ4n) is 0.754. The molecule has 0 amide bonds. The van der Waals surface area contributed by atoms with Crippen LogP contribution in [-0.2, 0) is 12.3 Å². The van der Waals surface area contributed by atoms with Crippen LogP contribution in [0.2, 0.25) is 0 Å². The van der Waals surface area contributed by atoms with Crippen LogP contribution in [0.25, 0.3) is 0 Å². The molecule has 0 radical (unpaired) electrons. The summed E-state index contributed by atoms with van der Waals surface area (Å²) in [6.45, 7) is 2.10. The van der Waals surface area contributed by atoms with Crippen LogP contribution in [-0.4, -0.2) is 40.4 Å². The van der Waals surface area contributed by atoms with Crippen molar-refractivity contribution in [1.82, 2.24) is 0 Å². The normalized spacial score (nSPS) is 11.6. The van der Waals surface area contributed by atoms with E-state index in [9.17, 15) is 8.42 Å². The molecule has 5 heteroatoms. The van der Waals surface area contributed by atoms with Gasteiger partial charge >= 0.3 is 85.2 Å². The van der Waals surface area contributed by atoms with Crippen molar-refractivity contribution in [1.29, 1.82) is 0 Å². The Kier molecular flexibility index (Phi) is 6.84. The van der Waals surface area contributed by atoms with Gasteiger partial charge in [0.1, 0.15) is 0 Å². The molecule has 11 heavy (non-hydrogen) atoms. The summed E-state index contributed by atoms with van der Waals surface area (Å²) < 4.78 is 26.0. The Bertz CT molecular complexity index is 176. The third-order valence-electron chi connectivity index (χ3n) is 1.39. The van der Waals surface area contributed by atoms with Gasteiger partial charge in [-0.2, -0.15) is 0 Å². The SMILES string of the molecule is CCCCCCS(=O)(=O)[O][Tl]. The van der Waals surface area contributed by atoms with Crippen LogP contribution in [0, 0.1) is 0 Å². The van der Waals surface area contributed by atoms with E-state index in [4.69, 9.17) is 0 Å². The molecule has 0 aliphatic carbocycles. The first-order valence-electron chi connectivity index (χ1n) is 3.73.